The van der Waals surface area contributed by atoms with Crippen molar-refractivity contribution in [1.82, 2.24) is 5.01 Å². The van der Waals surface area contributed by atoms with Gasteiger partial charge in [-0.25, -0.2) is 5.01 Å². The Balaban J connectivity index is 2.17. The number of hydrazone groups is 1. The minimum absolute atomic E-state index is 0.0412. The van der Waals surface area contributed by atoms with Crippen LogP contribution in [0.1, 0.15) is 65.7 Å². The number of nitrogens with two attached hydrogens (primary N) is 1. The smallest absolute Gasteiger partial charge is 0.251 e. The first-order valence-electron chi connectivity index (χ1n) is 8.07. The summed E-state index contributed by atoms with van der Waals surface area (Å²) in [6.07, 6.45) is 7.70. The lowest BCUT2D eigenvalue weighted by molar-refractivity contribution is -0.134. The van der Waals surface area contributed by atoms with Crippen molar-refractivity contribution in [2.45, 2.75) is 71.8 Å². The average molecular weight is 279 g/mol. The van der Waals surface area contributed by atoms with Crippen molar-refractivity contribution in [3.05, 3.63) is 0 Å². The van der Waals surface area contributed by atoms with Crippen molar-refractivity contribution < 1.29 is 4.79 Å². The largest absolute Gasteiger partial charge is 0.330 e. The lowest BCUT2D eigenvalue weighted by Gasteiger charge is -2.28. The van der Waals surface area contributed by atoms with Gasteiger partial charge in [-0.3, -0.25) is 4.79 Å². The summed E-state index contributed by atoms with van der Waals surface area (Å²) >= 11 is 0. The Morgan fingerprint density at radius 1 is 1.25 bits per heavy atom. The third-order valence-corrected chi connectivity index (χ3v) is 4.46. The zero-order chi connectivity index (χ0) is 14.8. The molecule has 0 radical (unpaired) electrons. The molecule has 114 valence electrons. The molecule has 2 rings (SSSR count). The standard InChI is InChI=1S/C16H29N3O/c1-16(2,3)14-13(10-7-11-17)15(20)19(18-14)12-8-5-4-6-9-12/h12-13H,4-11,17H2,1-3H3. The van der Waals surface area contributed by atoms with Gasteiger partial charge in [0, 0.05) is 5.41 Å². The fraction of sp³-hybridized carbons (Fsp3) is 0.875. The molecular weight excluding hydrogens is 250 g/mol. The summed E-state index contributed by atoms with van der Waals surface area (Å²) in [4.78, 5) is 12.7. The third-order valence-electron chi connectivity index (χ3n) is 4.46. The van der Waals surface area contributed by atoms with Crippen LogP contribution in [0.4, 0.5) is 0 Å². The predicted octanol–water partition coefficient (Wildman–Crippen LogP) is 2.92. The molecule has 0 aromatic heterocycles. The number of hydrogen-bond acceptors (Lipinski definition) is 3. The van der Waals surface area contributed by atoms with Crippen LogP contribution < -0.4 is 5.73 Å². The van der Waals surface area contributed by atoms with E-state index in [2.05, 4.69) is 20.8 Å². The lowest BCUT2D eigenvalue weighted by Crippen LogP contribution is -2.38. The Hall–Kier alpha value is -0.900. The summed E-state index contributed by atoms with van der Waals surface area (Å²) in [6.45, 7) is 7.10. The Kier molecular flexibility index (Phi) is 4.84. The van der Waals surface area contributed by atoms with E-state index in [9.17, 15) is 4.79 Å². The Morgan fingerprint density at radius 3 is 2.45 bits per heavy atom. The molecule has 1 saturated carbocycles. The van der Waals surface area contributed by atoms with E-state index in [-0.39, 0.29) is 17.2 Å². The van der Waals surface area contributed by atoms with E-state index in [0.29, 0.717) is 12.6 Å². The number of hydrogen-bond donors (Lipinski definition) is 1. The molecule has 1 fully saturated rings. The molecule has 0 saturated heterocycles. The molecule has 0 aromatic rings. The van der Waals surface area contributed by atoms with Crippen molar-refractivity contribution >= 4 is 11.6 Å². The molecule has 0 bridgehead atoms. The van der Waals surface area contributed by atoms with Crippen LogP contribution in [0.2, 0.25) is 0 Å². The van der Waals surface area contributed by atoms with Crippen molar-refractivity contribution in [2.75, 3.05) is 6.54 Å². The van der Waals surface area contributed by atoms with Gasteiger partial charge < -0.3 is 5.73 Å². The molecule has 2 N–H and O–H groups in total. The Labute approximate surface area is 122 Å². The highest BCUT2D eigenvalue weighted by atomic mass is 16.2. The molecular formula is C16H29N3O. The molecule has 20 heavy (non-hydrogen) atoms. The lowest BCUT2D eigenvalue weighted by atomic mass is 9.80. The maximum atomic E-state index is 12.7. The number of amides is 1. The first-order valence-corrected chi connectivity index (χ1v) is 8.07. The first kappa shape index (κ1) is 15.5. The highest BCUT2D eigenvalue weighted by molar-refractivity contribution is 6.10. The van der Waals surface area contributed by atoms with Gasteiger partial charge in [0.25, 0.3) is 5.91 Å². The SMILES string of the molecule is CC(C)(C)C1=NN(C2CCCCC2)C(=O)C1CCCN. The van der Waals surface area contributed by atoms with Crippen LogP contribution in [0.25, 0.3) is 0 Å². The Bertz CT molecular complexity index is 378. The fourth-order valence-corrected chi connectivity index (χ4v) is 3.35. The molecule has 1 amide bonds. The van der Waals surface area contributed by atoms with Gasteiger partial charge in [-0.15, -0.1) is 0 Å². The quantitative estimate of drug-likeness (QED) is 0.860. The Morgan fingerprint density at radius 2 is 1.90 bits per heavy atom. The predicted molar refractivity (Wildman–Crippen MR) is 82.4 cm³/mol. The number of carbonyl (C=O) groups is 1. The number of nitrogens with zero attached hydrogens (tertiary/aromatic N) is 2. The van der Waals surface area contributed by atoms with E-state index in [4.69, 9.17) is 10.8 Å². The highest BCUT2D eigenvalue weighted by Gasteiger charge is 2.42. The van der Waals surface area contributed by atoms with E-state index in [0.717, 1.165) is 31.4 Å². The molecule has 0 aromatic carbocycles. The van der Waals surface area contributed by atoms with Gasteiger partial charge in [-0.1, -0.05) is 40.0 Å². The van der Waals surface area contributed by atoms with Gasteiger partial charge in [0.15, 0.2) is 0 Å². The summed E-state index contributed by atoms with van der Waals surface area (Å²) < 4.78 is 0. The van der Waals surface area contributed by atoms with Crippen LogP contribution in [0.5, 0.6) is 0 Å². The van der Waals surface area contributed by atoms with E-state index in [1.54, 1.807) is 0 Å². The van der Waals surface area contributed by atoms with Gasteiger partial charge >= 0.3 is 0 Å². The van der Waals surface area contributed by atoms with Gasteiger partial charge in [0.05, 0.1) is 17.7 Å². The molecule has 1 heterocycles. The second-order valence-electron chi connectivity index (χ2n) is 7.19. The monoisotopic (exact) mass is 279 g/mol. The molecule has 2 aliphatic rings. The van der Waals surface area contributed by atoms with Gasteiger partial charge in [-0.2, -0.15) is 5.10 Å². The van der Waals surface area contributed by atoms with E-state index >= 15 is 0 Å². The van der Waals surface area contributed by atoms with Crippen LogP contribution in [0.3, 0.4) is 0 Å². The number of carbonyl (C=O) groups excluding carboxylic acids is 1. The fourth-order valence-electron chi connectivity index (χ4n) is 3.35. The van der Waals surface area contributed by atoms with Crippen LogP contribution in [0, 0.1) is 11.3 Å². The molecule has 0 spiro atoms. The number of rotatable bonds is 4. The summed E-state index contributed by atoms with van der Waals surface area (Å²) in [7, 11) is 0. The topological polar surface area (TPSA) is 58.7 Å². The zero-order valence-corrected chi connectivity index (χ0v) is 13.2. The molecule has 4 heteroatoms. The molecule has 4 nitrogen and oxygen atoms in total. The maximum absolute atomic E-state index is 12.7. The molecule has 1 atom stereocenters. The van der Waals surface area contributed by atoms with Crippen LogP contribution in [-0.2, 0) is 4.79 Å². The van der Waals surface area contributed by atoms with E-state index in [1.807, 2.05) is 5.01 Å². The summed E-state index contributed by atoms with van der Waals surface area (Å²) in [5.41, 5.74) is 6.63. The van der Waals surface area contributed by atoms with Crippen LogP contribution in [-0.4, -0.2) is 29.2 Å². The van der Waals surface area contributed by atoms with Crippen molar-refractivity contribution in [1.29, 1.82) is 0 Å². The van der Waals surface area contributed by atoms with Gasteiger partial charge in [0.2, 0.25) is 0 Å². The second-order valence-corrected chi connectivity index (χ2v) is 7.19. The minimum Gasteiger partial charge on any atom is -0.330 e. The van der Waals surface area contributed by atoms with Crippen molar-refractivity contribution in [2.24, 2.45) is 22.2 Å². The zero-order valence-electron chi connectivity index (χ0n) is 13.2. The maximum Gasteiger partial charge on any atom is 0.251 e. The van der Waals surface area contributed by atoms with Crippen molar-refractivity contribution in [3.8, 4) is 0 Å². The van der Waals surface area contributed by atoms with E-state index < -0.39 is 0 Å². The van der Waals surface area contributed by atoms with Crippen LogP contribution in [0.15, 0.2) is 5.10 Å². The van der Waals surface area contributed by atoms with Gasteiger partial charge in [0.1, 0.15) is 0 Å². The van der Waals surface area contributed by atoms with Crippen molar-refractivity contribution in [3.63, 3.8) is 0 Å². The van der Waals surface area contributed by atoms with Gasteiger partial charge in [-0.05, 0) is 32.2 Å². The normalized spacial score (nSPS) is 25.2. The first-order chi connectivity index (χ1) is 9.45. The molecule has 1 aliphatic heterocycles. The average Bonchev–Trinajstić information content (AvgIpc) is 2.74. The second kappa shape index (κ2) is 6.25. The van der Waals surface area contributed by atoms with Crippen LogP contribution >= 0.6 is 0 Å². The minimum atomic E-state index is -0.0433. The summed E-state index contributed by atoms with van der Waals surface area (Å²) in [6, 6.07) is 0.330. The summed E-state index contributed by atoms with van der Waals surface area (Å²) in [5, 5.41) is 6.58. The third kappa shape index (κ3) is 3.22. The van der Waals surface area contributed by atoms with E-state index in [1.165, 1.54) is 19.3 Å². The molecule has 1 unspecified atom stereocenters. The molecule has 1 aliphatic carbocycles. The summed E-state index contributed by atoms with van der Waals surface area (Å²) in [5.74, 6) is 0.177. The highest BCUT2D eigenvalue weighted by Crippen LogP contribution is 2.35.